The number of phenols is 1. The standard InChI is InChI=1S/C15H15FN2O2/c16-14-4-2-1-3-11(14)9-10-17-15(20)18-12-5-7-13(19)8-6-12/h1-8,19H,9-10H2,(H2,17,18,20). The summed E-state index contributed by atoms with van der Waals surface area (Å²) in [4.78, 5) is 11.6. The predicted octanol–water partition coefficient (Wildman–Crippen LogP) is 2.90. The Morgan fingerprint density at radius 1 is 1.10 bits per heavy atom. The molecule has 0 saturated carbocycles. The molecule has 0 heterocycles. The number of rotatable bonds is 4. The van der Waals surface area contributed by atoms with Crippen LogP contribution in [-0.2, 0) is 6.42 Å². The van der Waals surface area contributed by atoms with Crippen molar-refractivity contribution < 1.29 is 14.3 Å². The lowest BCUT2D eigenvalue weighted by Gasteiger charge is -2.08. The quantitative estimate of drug-likeness (QED) is 0.751. The Balaban J connectivity index is 1.78. The minimum absolute atomic E-state index is 0.135. The molecule has 0 unspecified atom stereocenters. The molecule has 3 N–H and O–H groups in total. The molecule has 0 aliphatic rings. The fourth-order valence-electron chi connectivity index (χ4n) is 1.73. The number of carbonyl (C=O) groups is 1. The summed E-state index contributed by atoms with van der Waals surface area (Å²) in [6.45, 7) is 0.338. The zero-order valence-electron chi connectivity index (χ0n) is 10.8. The summed E-state index contributed by atoms with van der Waals surface area (Å²) in [5.74, 6) is -0.135. The first-order valence-electron chi connectivity index (χ1n) is 6.22. The molecule has 0 bridgehead atoms. The highest BCUT2D eigenvalue weighted by Gasteiger charge is 2.03. The van der Waals surface area contributed by atoms with Gasteiger partial charge in [-0.1, -0.05) is 18.2 Å². The Morgan fingerprint density at radius 3 is 2.50 bits per heavy atom. The number of anilines is 1. The van der Waals surface area contributed by atoms with Gasteiger partial charge < -0.3 is 15.7 Å². The first-order valence-corrected chi connectivity index (χ1v) is 6.22. The maximum Gasteiger partial charge on any atom is 0.319 e. The zero-order valence-corrected chi connectivity index (χ0v) is 10.8. The van der Waals surface area contributed by atoms with Gasteiger partial charge in [-0.3, -0.25) is 0 Å². The minimum Gasteiger partial charge on any atom is -0.508 e. The highest BCUT2D eigenvalue weighted by atomic mass is 19.1. The summed E-state index contributed by atoms with van der Waals surface area (Å²) in [5, 5.41) is 14.4. The molecule has 2 amide bonds. The lowest BCUT2D eigenvalue weighted by molar-refractivity contribution is 0.252. The maximum absolute atomic E-state index is 13.3. The summed E-state index contributed by atoms with van der Waals surface area (Å²) < 4.78 is 13.3. The van der Waals surface area contributed by atoms with E-state index in [-0.39, 0.29) is 17.6 Å². The molecule has 0 aliphatic heterocycles. The second kappa shape index (κ2) is 6.56. The molecule has 2 aromatic carbocycles. The van der Waals surface area contributed by atoms with Crippen LogP contribution in [0.5, 0.6) is 5.75 Å². The van der Waals surface area contributed by atoms with Crippen molar-refractivity contribution in [2.24, 2.45) is 0 Å². The molecule has 0 aromatic heterocycles. The number of aromatic hydroxyl groups is 1. The van der Waals surface area contributed by atoms with Gasteiger partial charge in [-0.2, -0.15) is 0 Å². The van der Waals surface area contributed by atoms with Crippen molar-refractivity contribution in [3.05, 3.63) is 59.9 Å². The first kappa shape index (κ1) is 13.9. The molecule has 2 aromatic rings. The summed E-state index contributed by atoms with van der Waals surface area (Å²) in [7, 11) is 0. The van der Waals surface area contributed by atoms with Crippen LogP contribution in [0.3, 0.4) is 0 Å². The molecule has 0 fully saturated rings. The monoisotopic (exact) mass is 274 g/mol. The van der Waals surface area contributed by atoms with Gasteiger partial charge in [0.25, 0.3) is 0 Å². The molecular weight excluding hydrogens is 259 g/mol. The summed E-state index contributed by atoms with van der Waals surface area (Å²) in [6, 6.07) is 12.2. The second-order valence-corrected chi connectivity index (χ2v) is 4.27. The number of hydrogen-bond donors (Lipinski definition) is 3. The lowest BCUT2D eigenvalue weighted by atomic mass is 10.1. The topological polar surface area (TPSA) is 61.4 Å². The average molecular weight is 274 g/mol. The Hall–Kier alpha value is -2.56. The van der Waals surface area contributed by atoms with Crippen LogP contribution in [0.25, 0.3) is 0 Å². The first-order chi connectivity index (χ1) is 9.65. The Labute approximate surface area is 116 Å². The van der Waals surface area contributed by atoms with Crippen LogP contribution in [-0.4, -0.2) is 17.7 Å². The van der Waals surface area contributed by atoms with Crippen molar-refractivity contribution in [2.45, 2.75) is 6.42 Å². The molecule has 0 aliphatic carbocycles. The van der Waals surface area contributed by atoms with Gasteiger partial charge in [0, 0.05) is 12.2 Å². The third kappa shape index (κ3) is 3.98. The normalized spacial score (nSPS) is 10.1. The van der Waals surface area contributed by atoms with Crippen molar-refractivity contribution in [3.63, 3.8) is 0 Å². The van der Waals surface area contributed by atoms with Crippen molar-refractivity contribution in [2.75, 3.05) is 11.9 Å². The molecule has 0 atom stereocenters. The fraction of sp³-hybridized carbons (Fsp3) is 0.133. The van der Waals surface area contributed by atoms with E-state index < -0.39 is 0 Å². The van der Waals surface area contributed by atoms with E-state index >= 15 is 0 Å². The van der Waals surface area contributed by atoms with Crippen LogP contribution >= 0.6 is 0 Å². The molecule has 20 heavy (non-hydrogen) atoms. The number of hydrogen-bond acceptors (Lipinski definition) is 2. The molecule has 0 saturated heterocycles. The number of halogens is 1. The summed E-state index contributed by atoms with van der Waals surface area (Å²) in [6.07, 6.45) is 0.426. The Morgan fingerprint density at radius 2 is 1.80 bits per heavy atom. The van der Waals surface area contributed by atoms with Crippen molar-refractivity contribution in [1.29, 1.82) is 0 Å². The van der Waals surface area contributed by atoms with E-state index in [1.165, 1.54) is 18.2 Å². The van der Waals surface area contributed by atoms with Crippen LogP contribution in [0.4, 0.5) is 14.9 Å². The van der Waals surface area contributed by atoms with Crippen LogP contribution in [0.1, 0.15) is 5.56 Å². The van der Waals surface area contributed by atoms with Gasteiger partial charge in [-0.25, -0.2) is 9.18 Å². The zero-order chi connectivity index (χ0) is 14.4. The van der Waals surface area contributed by atoms with E-state index in [0.717, 1.165) is 0 Å². The Kier molecular flexibility index (Phi) is 4.55. The van der Waals surface area contributed by atoms with Crippen molar-refractivity contribution in [3.8, 4) is 5.75 Å². The van der Waals surface area contributed by atoms with E-state index in [1.54, 1.807) is 30.3 Å². The molecule has 104 valence electrons. The van der Waals surface area contributed by atoms with Crippen molar-refractivity contribution in [1.82, 2.24) is 5.32 Å². The van der Waals surface area contributed by atoms with Gasteiger partial charge in [0.05, 0.1) is 0 Å². The molecular formula is C15H15FN2O2. The van der Waals surface area contributed by atoms with Crippen LogP contribution in [0, 0.1) is 5.82 Å². The van der Waals surface area contributed by atoms with Gasteiger partial charge in [0.2, 0.25) is 0 Å². The Bertz CT molecular complexity index is 585. The largest absolute Gasteiger partial charge is 0.508 e. The van der Waals surface area contributed by atoms with Crippen LogP contribution in [0.2, 0.25) is 0 Å². The predicted molar refractivity (Wildman–Crippen MR) is 75.2 cm³/mol. The van der Waals surface area contributed by atoms with Crippen LogP contribution < -0.4 is 10.6 Å². The highest BCUT2D eigenvalue weighted by molar-refractivity contribution is 5.89. The lowest BCUT2D eigenvalue weighted by Crippen LogP contribution is -2.30. The van der Waals surface area contributed by atoms with E-state index in [2.05, 4.69) is 10.6 Å². The number of nitrogens with one attached hydrogen (secondary N) is 2. The highest BCUT2D eigenvalue weighted by Crippen LogP contribution is 2.13. The third-order valence-electron chi connectivity index (χ3n) is 2.76. The SMILES string of the molecule is O=C(NCCc1ccccc1F)Nc1ccc(O)cc1. The molecule has 0 spiro atoms. The number of urea groups is 1. The smallest absolute Gasteiger partial charge is 0.319 e. The number of amides is 2. The van der Waals surface area contributed by atoms with E-state index in [0.29, 0.717) is 24.2 Å². The van der Waals surface area contributed by atoms with Crippen LogP contribution in [0.15, 0.2) is 48.5 Å². The van der Waals surface area contributed by atoms with E-state index in [9.17, 15) is 9.18 Å². The molecule has 0 radical (unpaired) electrons. The summed E-state index contributed by atoms with van der Waals surface area (Å²) in [5.41, 5.74) is 1.14. The van der Waals surface area contributed by atoms with Crippen molar-refractivity contribution >= 4 is 11.7 Å². The molecule has 4 nitrogen and oxygen atoms in total. The third-order valence-corrected chi connectivity index (χ3v) is 2.76. The van der Waals surface area contributed by atoms with Gasteiger partial charge in [0.1, 0.15) is 11.6 Å². The number of carbonyl (C=O) groups excluding carboxylic acids is 1. The average Bonchev–Trinajstić information content (AvgIpc) is 2.43. The van der Waals surface area contributed by atoms with Gasteiger partial charge >= 0.3 is 6.03 Å². The van der Waals surface area contributed by atoms with Gasteiger partial charge in [-0.05, 0) is 42.3 Å². The molecule has 5 heteroatoms. The van der Waals surface area contributed by atoms with Gasteiger partial charge in [0.15, 0.2) is 0 Å². The molecule has 2 rings (SSSR count). The maximum atomic E-state index is 13.3. The number of benzene rings is 2. The van der Waals surface area contributed by atoms with Gasteiger partial charge in [-0.15, -0.1) is 0 Å². The van der Waals surface area contributed by atoms with E-state index in [1.807, 2.05) is 0 Å². The fourth-order valence-corrected chi connectivity index (χ4v) is 1.73. The minimum atomic E-state index is -0.368. The second-order valence-electron chi connectivity index (χ2n) is 4.27. The van der Waals surface area contributed by atoms with E-state index in [4.69, 9.17) is 5.11 Å². The number of phenolic OH excluding ortho intramolecular Hbond substituents is 1. The summed E-state index contributed by atoms with van der Waals surface area (Å²) >= 11 is 0.